The van der Waals surface area contributed by atoms with E-state index in [1.807, 2.05) is 0 Å². The molecule has 1 aliphatic rings. The number of likely N-dealkylation sites (tertiary alicyclic amines) is 1. The van der Waals surface area contributed by atoms with Crippen LogP contribution in [-0.2, 0) is 14.3 Å². The van der Waals surface area contributed by atoms with Crippen molar-refractivity contribution in [3.63, 3.8) is 0 Å². The van der Waals surface area contributed by atoms with Crippen molar-refractivity contribution in [3.8, 4) is 5.75 Å². The van der Waals surface area contributed by atoms with Crippen LogP contribution in [0.4, 0.5) is 0 Å². The minimum absolute atomic E-state index is 0.0314. The lowest BCUT2D eigenvalue weighted by molar-refractivity contribution is -0.140. The van der Waals surface area contributed by atoms with Gasteiger partial charge in [0.1, 0.15) is 11.5 Å². The van der Waals surface area contributed by atoms with E-state index in [-0.39, 0.29) is 43.4 Å². The third kappa shape index (κ3) is 4.42. The van der Waals surface area contributed by atoms with Gasteiger partial charge in [0.2, 0.25) is 0 Å². The summed E-state index contributed by atoms with van der Waals surface area (Å²) in [6.07, 6.45) is 0. The number of halogens is 1. The maximum atomic E-state index is 12.8. The number of carbonyl (C=O) groups is 2. The molecule has 2 aromatic carbocycles. The Bertz CT molecular complexity index is 940. The first-order valence-electron chi connectivity index (χ1n) is 8.96. The molecule has 0 aromatic heterocycles. The van der Waals surface area contributed by atoms with Gasteiger partial charge in [0.05, 0.1) is 31.4 Å². The minimum atomic E-state index is -0.893. The summed E-state index contributed by atoms with van der Waals surface area (Å²) < 4.78 is 5.23. The van der Waals surface area contributed by atoms with Crippen LogP contribution in [0.1, 0.15) is 17.2 Å². The molecule has 0 aliphatic carbocycles. The minimum Gasteiger partial charge on any atom is -0.508 e. The van der Waals surface area contributed by atoms with Crippen LogP contribution < -0.4 is 0 Å². The monoisotopic (exact) mass is 417 g/mol. The van der Waals surface area contributed by atoms with Gasteiger partial charge in [-0.15, -0.1) is 0 Å². The number of ketones is 1. The molecule has 0 radical (unpaired) electrons. The number of aromatic hydroxyl groups is 1. The van der Waals surface area contributed by atoms with Gasteiger partial charge in [0.15, 0.2) is 0 Å². The number of ether oxygens (including phenoxy) is 1. The first-order chi connectivity index (χ1) is 13.9. The summed E-state index contributed by atoms with van der Waals surface area (Å²) >= 11 is 5.89. The van der Waals surface area contributed by atoms with Crippen LogP contribution in [-0.4, -0.2) is 58.3 Å². The Hall–Kier alpha value is -2.87. The van der Waals surface area contributed by atoms with Crippen LogP contribution in [0.15, 0.2) is 54.1 Å². The fraction of sp³-hybridized carbons (Fsp3) is 0.238. The molecule has 1 atom stereocenters. The molecule has 3 rings (SSSR count). The summed E-state index contributed by atoms with van der Waals surface area (Å²) in [7, 11) is 0. The maximum absolute atomic E-state index is 12.8. The van der Waals surface area contributed by atoms with Gasteiger partial charge in [0.25, 0.3) is 11.7 Å². The lowest BCUT2D eigenvalue weighted by Crippen LogP contribution is -2.33. The number of rotatable bonds is 7. The lowest BCUT2D eigenvalue weighted by Gasteiger charge is -2.25. The first-order valence-corrected chi connectivity index (χ1v) is 9.33. The van der Waals surface area contributed by atoms with Crippen molar-refractivity contribution in [1.82, 2.24) is 4.90 Å². The van der Waals surface area contributed by atoms with Crippen LogP contribution in [0, 0.1) is 0 Å². The Labute approximate surface area is 172 Å². The molecule has 7 nitrogen and oxygen atoms in total. The van der Waals surface area contributed by atoms with E-state index in [0.717, 1.165) is 0 Å². The van der Waals surface area contributed by atoms with Gasteiger partial charge in [-0.2, -0.15) is 0 Å². The van der Waals surface area contributed by atoms with Crippen molar-refractivity contribution in [2.75, 3.05) is 26.4 Å². The van der Waals surface area contributed by atoms with Crippen molar-refractivity contribution in [1.29, 1.82) is 0 Å². The first kappa shape index (κ1) is 20.9. The van der Waals surface area contributed by atoms with Crippen molar-refractivity contribution in [3.05, 3.63) is 70.3 Å². The number of Topliss-reactive ketones (excluding diaryl/α,β-unsaturated/α-hetero) is 1. The fourth-order valence-electron chi connectivity index (χ4n) is 3.24. The lowest BCUT2D eigenvalue weighted by atomic mass is 9.95. The molecule has 1 amide bonds. The third-order valence-corrected chi connectivity index (χ3v) is 4.81. The SMILES string of the molecule is O=C1C(=O)N(CCOCCO)C(c2cccc(O)c2)C1=C(O)c1ccc(Cl)cc1. The second-order valence-corrected chi connectivity index (χ2v) is 6.87. The van der Waals surface area contributed by atoms with Crippen molar-refractivity contribution >= 4 is 29.1 Å². The Morgan fingerprint density at radius 3 is 2.48 bits per heavy atom. The number of benzene rings is 2. The molecule has 0 spiro atoms. The molecule has 1 saturated heterocycles. The van der Waals surface area contributed by atoms with E-state index >= 15 is 0 Å². The molecule has 1 unspecified atom stereocenters. The maximum Gasteiger partial charge on any atom is 0.295 e. The Balaban J connectivity index is 2.07. The van der Waals surface area contributed by atoms with Gasteiger partial charge in [-0.05, 0) is 42.0 Å². The average Bonchev–Trinajstić information content (AvgIpc) is 2.96. The molecule has 1 fully saturated rings. The standard InChI is InChI=1S/C21H20ClNO6/c22-15-6-4-13(5-7-15)19(26)17-18(14-2-1-3-16(25)12-14)23(21(28)20(17)27)8-10-29-11-9-24/h1-7,12,18,24-26H,8-11H2. The molecule has 3 N–H and O–H groups in total. The quantitative estimate of drug-likeness (QED) is 0.276. The Morgan fingerprint density at radius 1 is 1.10 bits per heavy atom. The Morgan fingerprint density at radius 2 is 1.83 bits per heavy atom. The van der Waals surface area contributed by atoms with Crippen LogP contribution in [0.5, 0.6) is 5.75 Å². The molecular weight excluding hydrogens is 398 g/mol. The number of nitrogens with zero attached hydrogens (tertiary/aromatic N) is 1. The smallest absolute Gasteiger partial charge is 0.295 e. The number of hydrogen-bond acceptors (Lipinski definition) is 6. The van der Waals surface area contributed by atoms with Crippen LogP contribution in [0.3, 0.4) is 0 Å². The topological polar surface area (TPSA) is 107 Å². The number of amides is 1. The van der Waals surface area contributed by atoms with E-state index in [9.17, 15) is 19.8 Å². The summed E-state index contributed by atoms with van der Waals surface area (Å²) in [4.78, 5) is 26.7. The highest BCUT2D eigenvalue weighted by molar-refractivity contribution is 6.46. The number of hydrogen-bond donors (Lipinski definition) is 3. The number of aliphatic hydroxyl groups is 2. The summed E-state index contributed by atoms with van der Waals surface area (Å²) in [5.41, 5.74) is 0.737. The van der Waals surface area contributed by atoms with Gasteiger partial charge in [-0.25, -0.2) is 0 Å². The van der Waals surface area contributed by atoms with E-state index < -0.39 is 17.7 Å². The van der Waals surface area contributed by atoms with Gasteiger partial charge >= 0.3 is 0 Å². The normalized spacial score (nSPS) is 18.4. The molecule has 0 bridgehead atoms. The second kappa shape index (κ2) is 9.09. The molecule has 2 aromatic rings. The van der Waals surface area contributed by atoms with Gasteiger partial charge < -0.3 is 25.0 Å². The number of carbonyl (C=O) groups excluding carboxylic acids is 2. The van der Waals surface area contributed by atoms with E-state index in [2.05, 4.69) is 0 Å². The fourth-order valence-corrected chi connectivity index (χ4v) is 3.37. The average molecular weight is 418 g/mol. The second-order valence-electron chi connectivity index (χ2n) is 6.43. The highest BCUT2D eigenvalue weighted by Gasteiger charge is 2.45. The van der Waals surface area contributed by atoms with Crippen molar-refractivity contribution in [2.45, 2.75) is 6.04 Å². The van der Waals surface area contributed by atoms with Crippen LogP contribution in [0.25, 0.3) is 5.76 Å². The number of aliphatic hydroxyl groups excluding tert-OH is 2. The molecule has 1 aliphatic heterocycles. The molecule has 8 heteroatoms. The molecule has 0 saturated carbocycles. The summed E-state index contributed by atoms with van der Waals surface area (Å²) in [5, 5.41) is 30.0. The number of phenols is 1. The molecular formula is C21H20ClNO6. The molecule has 29 heavy (non-hydrogen) atoms. The highest BCUT2D eigenvalue weighted by Crippen LogP contribution is 2.40. The summed E-state index contributed by atoms with van der Waals surface area (Å²) in [6.45, 7) is 0.114. The van der Waals surface area contributed by atoms with Crippen molar-refractivity contribution in [2.24, 2.45) is 0 Å². The van der Waals surface area contributed by atoms with E-state index in [1.165, 1.54) is 17.0 Å². The summed E-state index contributed by atoms with van der Waals surface area (Å²) in [6, 6.07) is 11.5. The Kier molecular flexibility index (Phi) is 6.53. The zero-order valence-electron chi connectivity index (χ0n) is 15.4. The van der Waals surface area contributed by atoms with Gasteiger partial charge in [0, 0.05) is 17.1 Å². The van der Waals surface area contributed by atoms with Crippen molar-refractivity contribution < 1.29 is 29.6 Å². The predicted octanol–water partition coefficient (Wildman–Crippen LogP) is 2.48. The molecule has 152 valence electrons. The van der Waals surface area contributed by atoms with E-state index in [4.69, 9.17) is 21.4 Å². The summed E-state index contributed by atoms with van der Waals surface area (Å²) in [5.74, 6) is -1.96. The zero-order chi connectivity index (χ0) is 21.0. The predicted molar refractivity (Wildman–Crippen MR) is 106 cm³/mol. The third-order valence-electron chi connectivity index (χ3n) is 4.56. The molecule has 1 heterocycles. The van der Waals surface area contributed by atoms with Gasteiger partial charge in [-0.1, -0.05) is 23.7 Å². The van der Waals surface area contributed by atoms with Crippen LogP contribution in [0.2, 0.25) is 5.02 Å². The van der Waals surface area contributed by atoms with Crippen LogP contribution >= 0.6 is 11.6 Å². The zero-order valence-corrected chi connectivity index (χ0v) is 16.2. The van der Waals surface area contributed by atoms with E-state index in [1.54, 1.807) is 36.4 Å². The van der Waals surface area contributed by atoms with Gasteiger partial charge in [-0.3, -0.25) is 9.59 Å². The van der Waals surface area contributed by atoms with E-state index in [0.29, 0.717) is 16.1 Å². The highest BCUT2D eigenvalue weighted by atomic mass is 35.5. The number of phenolic OH excluding ortho intramolecular Hbond substituents is 1. The largest absolute Gasteiger partial charge is 0.508 e.